The Bertz CT molecular complexity index is 379. The summed E-state index contributed by atoms with van der Waals surface area (Å²) >= 11 is 1.79. The Morgan fingerprint density at radius 2 is 1.93 bits per heavy atom. The van der Waals surface area contributed by atoms with Gasteiger partial charge in [0.1, 0.15) is 0 Å². The standard InChI is InChI=1S/C12H16N2S/c1-9-4-6-10(7-5-9)13-11-14-12(2,3)8-15-11/h4-7H,8H2,1-3H3,(H,13,14). The van der Waals surface area contributed by atoms with Crippen molar-refractivity contribution in [3.63, 3.8) is 0 Å². The molecule has 0 saturated carbocycles. The summed E-state index contributed by atoms with van der Waals surface area (Å²) in [7, 11) is 0. The normalized spacial score (nSPS) is 18.7. The van der Waals surface area contributed by atoms with Gasteiger partial charge in [0.15, 0.2) is 5.17 Å². The minimum absolute atomic E-state index is 0.0810. The smallest absolute Gasteiger partial charge is 0.161 e. The van der Waals surface area contributed by atoms with E-state index in [4.69, 9.17) is 0 Å². The van der Waals surface area contributed by atoms with Crippen molar-refractivity contribution in [1.29, 1.82) is 0 Å². The topological polar surface area (TPSA) is 24.4 Å². The van der Waals surface area contributed by atoms with Crippen LogP contribution in [-0.4, -0.2) is 16.5 Å². The second-order valence-corrected chi connectivity index (χ2v) is 5.47. The molecule has 1 aromatic carbocycles. The molecule has 0 bridgehead atoms. The molecule has 1 N–H and O–H groups in total. The Morgan fingerprint density at radius 3 is 2.47 bits per heavy atom. The Hall–Kier alpha value is -0.960. The molecular formula is C12H16N2S. The lowest BCUT2D eigenvalue weighted by molar-refractivity contribution is 0.605. The lowest BCUT2D eigenvalue weighted by Gasteiger charge is -2.09. The van der Waals surface area contributed by atoms with E-state index in [1.807, 2.05) is 0 Å². The highest BCUT2D eigenvalue weighted by Gasteiger charge is 2.25. The largest absolute Gasteiger partial charge is 0.335 e. The Kier molecular flexibility index (Phi) is 2.74. The van der Waals surface area contributed by atoms with E-state index >= 15 is 0 Å². The zero-order chi connectivity index (χ0) is 10.9. The highest BCUT2D eigenvalue weighted by atomic mass is 32.2. The van der Waals surface area contributed by atoms with E-state index in [2.05, 4.69) is 55.3 Å². The Morgan fingerprint density at radius 1 is 1.27 bits per heavy atom. The Balaban J connectivity index is 2.07. The molecule has 0 aromatic heterocycles. The molecule has 0 saturated heterocycles. The van der Waals surface area contributed by atoms with Gasteiger partial charge in [-0.05, 0) is 32.9 Å². The van der Waals surface area contributed by atoms with E-state index in [9.17, 15) is 0 Å². The van der Waals surface area contributed by atoms with Gasteiger partial charge in [0.05, 0.1) is 5.54 Å². The van der Waals surface area contributed by atoms with Gasteiger partial charge in [0, 0.05) is 11.4 Å². The van der Waals surface area contributed by atoms with E-state index in [-0.39, 0.29) is 5.54 Å². The third-order valence-corrected chi connectivity index (χ3v) is 3.59. The van der Waals surface area contributed by atoms with Crippen molar-refractivity contribution in [2.24, 2.45) is 4.99 Å². The summed E-state index contributed by atoms with van der Waals surface area (Å²) in [5.74, 6) is 1.06. The van der Waals surface area contributed by atoms with Gasteiger partial charge in [0.2, 0.25) is 0 Å². The van der Waals surface area contributed by atoms with Crippen LogP contribution >= 0.6 is 11.8 Å². The van der Waals surface area contributed by atoms with Gasteiger partial charge < -0.3 is 5.32 Å². The fourth-order valence-electron chi connectivity index (χ4n) is 1.41. The average molecular weight is 220 g/mol. The molecule has 0 aliphatic carbocycles. The molecule has 2 rings (SSSR count). The average Bonchev–Trinajstić information content (AvgIpc) is 2.50. The van der Waals surface area contributed by atoms with E-state index < -0.39 is 0 Å². The Labute approximate surface area is 95.2 Å². The highest BCUT2D eigenvalue weighted by Crippen LogP contribution is 2.27. The molecule has 3 heteroatoms. The molecule has 0 amide bonds. The highest BCUT2D eigenvalue weighted by molar-refractivity contribution is 8.14. The van der Waals surface area contributed by atoms with Crippen LogP contribution < -0.4 is 5.32 Å². The second kappa shape index (κ2) is 3.89. The van der Waals surface area contributed by atoms with Gasteiger partial charge in [-0.1, -0.05) is 29.5 Å². The maximum absolute atomic E-state index is 4.61. The third-order valence-electron chi connectivity index (χ3n) is 2.27. The van der Waals surface area contributed by atoms with Crippen molar-refractivity contribution in [2.45, 2.75) is 26.3 Å². The first-order valence-electron chi connectivity index (χ1n) is 5.11. The van der Waals surface area contributed by atoms with Crippen molar-refractivity contribution in [2.75, 3.05) is 11.1 Å². The number of aryl methyl sites for hydroxylation is 1. The third kappa shape index (κ3) is 2.75. The van der Waals surface area contributed by atoms with Gasteiger partial charge in [-0.15, -0.1) is 0 Å². The molecule has 1 aromatic rings. The van der Waals surface area contributed by atoms with Crippen LogP contribution in [0.3, 0.4) is 0 Å². The zero-order valence-corrected chi connectivity index (χ0v) is 10.2. The second-order valence-electron chi connectivity index (χ2n) is 4.51. The number of amidine groups is 1. The number of hydrogen-bond acceptors (Lipinski definition) is 3. The fourth-order valence-corrected chi connectivity index (χ4v) is 2.47. The summed E-state index contributed by atoms with van der Waals surface area (Å²) in [4.78, 5) is 4.61. The first-order valence-corrected chi connectivity index (χ1v) is 6.10. The van der Waals surface area contributed by atoms with Crippen molar-refractivity contribution in [1.82, 2.24) is 0 Å². The molecule has 1 heterocycles. The fraction of sp³-hybridized carbons (Fsp3) is 0.417. The molecule has 1 aliphatic heterocycles. The summed E-state index contributed by atoms with van der Waals surface area (Å²) < 4.78 is 0. The number of benzene rings is 1. The van der Waals surface area contributed by atoms with Gasteiger partial charge >= 0.3 is 0 Å². The van der Waals surface area contributed by atoms with Crippen LogP contribution in [0.15, 0.2) is 29.3 Å². The summed E-state index contributed by atoms with van der Waals surface area (Å²) in [6, 6.07) is 8.38. The van der Waals surface area contributed by atoms with Crippen LogP contribution in [0, 0.1) is 6.92 Å². The number of nitrogens with zero attached hydrogens (tertiary/aromatic N) is 1. The van der Waals surface area contributed by atoms with Crippen molar-refractivity contribution < 1.29 is 0 Å². The zero-order valence-electron chi connectivity index (χ0n) is 9.37. The van der Waals surface area contributed by atoms with Crippen molar-refractivity contribution in [3.8, 4) is 0 Å². The molecule has 0 atom stereocenters. The van der Waals surface area contributed by atoms with Crippen LogP contribution in [-0.2, 0) is 0 Å². The first kappa shape index (κ1) is 10.6. The molecule has 0 spiro atoms. The molecule has 1 aliphatic rings. The molecule has 0 fully saturated rings. The number of hydrogen-bond donors (Lipinski definition) is 1. The predicted molar refractivity (Wildman–Crippen MR) is 68.8 cm³/mol. The van der Waals surface area contributed by atoms with E-state index in [1.54, 1.807) is 11.8 Å². The number of rotatable bonds is 1. The van der Waals surface area contributed by atoms with Crippen LogP contribution in [0.4, 0.5) is 5.69 Å². The SMILES string of the molecule is Cc1ccc(NC2=NC(C)(C)CS2)cc1. The van der Waals surface area contributed by atoms with Gasteiger partial charge in [-0.3, -0.25) is 4.99 Å². The van der Waals surface area contributed by atoms with E-state index in [0.29, 0.717) is 0 Å². The minimum atomic E-state index is 0.0810. The summed E-state index contributed by atoms with van der Waals surface area (Å²) in [5, 5.41) is 4.37. The molecule has 0 radical (unpaired) electrons. The predicted octanol–water partition coefficient (Wildman–Crippen LogP) is 3.29. The first-order chi connectivity index (χ1) is 7.05. The van der Waals surface area contributed by atoms with Crippen molar-refractivity contribution in [3.05, 3.63) is 29.8 Å². The summed E-state index contributed by atoms with van der Waals surface area (Å²) in [6.45, 7) is 6.41. The monoisotopic (exact) mass is 220 g/mol. The molecular weight excluding hydrogens is 204 g/mol. The van der Waals surface area contributed by atoms with Crippen LogP contribution in [0.1, 0.15) is 19.4 Å². The minimum Gasteiger partial charge on any atom is -0.335 e. The van der Waals surface area contributed by atoms with E-state index in [1.165, 1.54) is 5.56 Å². The quantitative estimate of drug-likeness (QED) is 0.785. The lowest BCUT2D eigenvalue weighted by Crippen LogP contribution is -2.15. The maximum atomic E-state index is 4.61. The molecule has 80 valence electrons. The van der Waals surface area contributed by atoms with Crippen LogP contribution in [0.5, 0.6) is 0 Å². The molecule has 0 unspecified atom stereocenters. The number of anilines is 1. The van der Waals surface area contributed by atoms with Crippen LogP contribution in [0.25, 0.3) is 0 Å². The lowest BCUT2D eigenvalue weighted by atomic mass is 10.1. The van der Waals surface area contributed by atoms with Gasteiger partial charge in [-0.2, -0.15) is 0 Å². The van der Waals surface area contributed by atoms with Gasteiger partial charge in [0.25, 0.3) is 0 Å². The molecule has 15 heavy (non-hydrogen) atoms. The van der Waals surface area contributed by atoms with Crippen LogP contribution in [0.2, 0.25) is 0 Å². The van der Waals surface area contributed by atoms with E-state index in [0.717, 1.165) is 16.6 Å². The summed E-state index contributed by atoms with van der Waals surface area (Å²) in [6.07, 6.45) is 0. The maximum Gasteiger partial charge on any atom is 0.161 e. The number of aliphatic imine (C=N–C) groups is 1. The number of thioether (sulfide) groups is 1. The summed E-state index contributed by atoms with van der Waals surface area (Å²) in [5.41, 5.74) is 2.48. The van der Waals surface area contributed by atoms with Crippen molar-refractivity contribution >= 4 is 22.6 Å². The van der Waals surface area contributed by atoms with Gasteiger partial charge in [-0.25, -0.2) is 0 Å². The number of nitrogens with one attached hydrogen (secondary N) is 1. The molecule has 2 nitrogen and oxygen atoms in total.